The van der Waals surface area contributed by atoms with Crippen molar-refractivity contribution < 1.29 is 9.90 Å². The number of rotatable bonds is 1. The largest absolute Gasteiger partial charge is 0.478 e. The van der Waals surface area contributed by atoms with Gasteiger partial charge in [-0.15, -0.1) is 0 Å². The van der Waals surface area contributed by atoms with Crippen LogP contribution < -0.4 is 5.73 Å². The molecule has 4 N–H and O–H groups in total. The van der Waals surface area contributed by atoms with Crippen molar-refractivity contribution in [3.8, 4) is 0 Å². The van der Waals surface area contributed by atoms with Crippen LogP contribution in [-0.2, 0) is 4.79 Å². The van der Waals surface area contributed by atoms with Gasteiger partial charge in [-0.3, -0.25) is 5.41 Å². The molecule has 0 fully saturated rings. The maximum absolute atomic E-state index is 10.9. The number of carboxylic acids is 1. The van der Waals surface area contributed by atoms with Gasteiger partial charge in [0.25, 0.3) is 0 Å². The number of carboxylic acid groups (broad SMARTS) is 1. The number of allylic oxidation sites excluding steroid dienone is 3. The van der Waals surface area contributed by atoms with E-state index in [-0.39, 0.29) is 17.0 Å². The van der Waals surface area contributed by atoms with Gasteiger partial charge >= 0.3 is 5.97 Å². The van der Waals surface area contributed by atoms with Gasteiger partial charge in [-0.1, -0.05) is 6.08 Å². The van der Waals surface area contributed by atoms with Crippen molar-refractivity contribution in [1.29, 1.82) is 5.41 Å². The van der Waals surface area contributed by atoms with Crippen molar-refractivity contribution in [3.05, 3.63) is 33.5 Å². The topological polar surface area (TPSA) is 87.2 Å². The highest BCUT2D eigenvalue weighted by Gasteiger charge is 2.25. The Hall–Kier alpha value is -1.36. The second kappa shape index (κ2) is 3.79. The quantitative estimate of drug-likeness (QED) is 0.665. The molecule has 0 saturated carbocycles. The molecule has 0 saturated heterocycles. The van der Waals surface area contributed by atoms with E-state index in [9.17, 15) is 4.79 Å². The minimum absolute atomic E-state index is 0.0132. The molecule has 0 aliphatic heterocycles. The Kier molecular flexibility index (Phi) is 2.90. The molecule has 1 aliphatic carbocycles. The lowest BCUT2D eigenvalue weighted by Gasteiger charge is -2.16. The van der Waals surface area contributed by atoms with Gasteiger partial charge in [-0.05, 0) is 28.9 Å². The number of nitrogens with one attached hydrogen (secondary N) is 1. The van der Waals surface area contributed by atoms with Gasteiger partial charge in [0.2, 0.25) is 0 Å². The van der Waals surface area contributed by atoms with Crippen LogP contribution in [0, 0.1) is 5.41 Å². The molecule has 5 heteroatoms. The molecule has 74 valence electrons. The van der Waals surface area contributed by atoms with Gasteiger partial charge in [-0.25, -0.2) is 4.79 Å². The zero-order chi connectivity index (χ0) is 10.9. The standard InChI is InChI=1S/C9H9BrN2O2/c1-2-4-7(9(13)14)6(11)3-5(10)8(4)12/h2-3,12H,11H2,1H3,(H,13,14)/b4-2-,12-8?. The number of hydrogen-bond acceptors (Lipinski definition) is 3. The van der Waals surface area contributed by atoms with Crippen molar-refractivity contribution in [2.45, 2.75) is 6.92 Å². The van der Waals surface area contributed by atoms with E-state index in [4.69, 9.17) is 16.2 Å². The third kappa shape index (κ3) is 1.63. The zero-order valence-electron chi connectivity index (χ0n) is 7.47. The minimum atomic E-state index is -1.11. The van der Waals surface area contributed by atoms with Crippen LogP contribution in [0.2, 0.25) is 0 Å². The molecule has 0 aromatic carbocycles. The highest BCUT2D eigenvalue weighted by molar-refractivity contribution is 9.12. The number of hydrogen-bond donors (Lipinski definition) is 3. The van der Waals surface area contributed by atoms with Gasteiger partial charge < -0.3 is 10.8 Å². The molecule has 14 heavy (non-hydrogen) atoms. The maximum Gasteiger partial charge on any atom is 0.338 e. The first kappa shape index (κ1) is 10.7. The van der Waals surface area contributed by atoms with E-state index < -0.39 is 5.97 Å². The predicted molar refractivity (Wildman–Crippen MR) is 57.3 cm³/mol. The first-order valence-electron chi connectivity index (χ1n) is 3.85. The Labute approximate surface area is 89.4 Å². The van der Waals surface area contributed by atoms with Gasteiger partial charge in [0.1, 0.15) is 0 Å². The summed E-state index contributed by atoms with van der Waals surface area (Å²) >= 11 is 3.14. The molecule has 0 bridgehead atoms. The molecule has 0 heterocycles. The zero-order valence-corrected chi connectivity index (χ0v) is 9.05. The molecule has 0 aromatic rings. The Bertz CT molecular complexity index is 402. The summed E-state index contributed by atoms with van der Waals surface area (Å²) in [4.78, 5) is 10.9. The van der Waals surface area contributed by atoms with E-state index in [0.29, 0.717) is 10.1 Å². The van der Waals surface area contributed by atoms with Crippen LogP contribution in [0.15, 0.2) is 33.5 Å². The van der Waals surface area contributed by atoms with Crippen LogP contribution in [0.5, 0.6) is 0 Å². The molecule has 0 aromatic heterocycles. The second-order valence-electron chi connectivity index (χ2n) is 2.71. The van der Waals surface area contributed by atoms with E-state index in [2.05, 4.69) is 15.9 Å². The lowest BCUT2D eigenvalue weighted by atomic mass is 9.94. The normalized spacial score (nSPS) is 20.0. The Balaban J connectivity index is 3.41. The highest BCUT2D eigenvalue weighted by atomic mass is 79.9. The van der Waals surface area contributed by atoms with Crippen LogP contribution in [-0.4, -0.2) is 16.8 Å². The van der Waals surface area contributed by atoms with Crippen molar-refractivity contribution in [2.75, 3.05) is 0 Å². The Morgan fingerprint density at radius 1 is 1.71 bits per heavy atom. The van der Waals surface area contributed by atoms with Gasteiger partial charge in [0.15, 0.2) is 0 Å². The fourth-order valence-corrected chi connectivity index (χ4v) is 1.68. The number of carbonyl (C=O) groups is 1. The van der Waals surface area contributed by atoms with Crippen LogP contribution in [0.1, 0.15) is 6.92 Å². The molecular weight excluding hydrogens is 248 g/mol. The SMILES string of the molecule is C/C=C1\C(=N)C(Br)=CC(N)=C1C(=O)O. The lowest BCUT2D eigenvalue weighted by Crippen LogP contribution is -2.20. The van der Waals surface area contributed by atoms with Crippen LogP contribution in [0.25, 0.3) is 0 Å². The Morgan fingerprint density at radius 2 is 2.29 bits per heavy atom. The number of nitrogens with two attached hydrogens (primary N) is 1. The molecule has 1 rings (SSSR count). The molecule has 1 aliphatic rings. The molecular formula is C9H9BrN2O2. The summed E-state index contributed by atoms with van der Waals surface area (Å²) < 4.78 is 0.494. The molecule has 0 radical (unpaired) electrons. The van der Waals surface area contributed by atoms with E-state index in [1.807, 2.05) is 0 Å². The lowest BCUT2D eigenvalue weighted by molar-refractivity contribution is -0.132. The number of halogens is 1. The summed E-state index contributed by atoms with van der Waals surface area (Å²) in [5.41, 5.74) is 6.18. The van der Waals surface area contributed by atoms with Crippen molar-refractivity contribution in [1.82, 2.24) is 0 Å². The fraction of sp³-hybridized carbons (Fsp3) is 0.111. The minimum Gasteiger partial charge on any atom is -0.478 e. The first-order chi connectivity index (χ1) is 6.49. The van der Waals surface area contributed by atoms with Gasteiger partial charge in [0.05, 0.1) is 11.3 Å². The summed E-state index contributed by atoms with van der Waals surface area (Å²) in [6.45, 7) is 1.67. The first-order valence-corrected chi connectivity index (χ1v) is 4.64. The van der Waals surface area contributed by atoms with Gasteiger partial charge in [0, 0.05) is 15.8 Å². The predicted octanol–water partition coefficient (Wildman–Crippen LogP) is 1.54. The molecule has 4 nitrogen and oxygen atoms in total. The average Bonchev–Trinajstić information content (AvgIpc) is 2.09. The van der Waals surface area contributed by atoms with Gasteiger partial charge in [-0.2, -0.15) is 0 Å². The highest BCUT2D eigenvalue weighted by Crippen LogP contribution is 2.27. The summed E-state index contributed by atoms with van der Waals surface area (Å²) in [6.07, 6.45) is 2.99. The molecule has 0 spiro atoms. The average molecular weight is 257 g/mol. The van der Waals surface area contributed by atoms with E-state index in [1.54, 1.807) is 13.0 Å². The summed E-state index contributed by atoms with van der Waals surface area (Å²) in [7, 11) is 0. The van der Waals surface area contributed by atoms with E-state index in [0.717, 1.165) is 0 Å². The molecule has 0 atom stereocenters. The number of aliphatic carboxylic acids is 1. The third-order valence-corrected chi connectivity index (χ3v) is 2.48. The van der Waals surface area contributed by atoms with Crippen molar-refractivity contribution in [2.24, 2.45) is 5.73 Å². The van der Waals surface area contributed by atoms with Crippen LogP contribution in [0.4, 0.5) is 0 Å². The molecule has 0 unspecified atom stereocenters. The fourth-order valence-electron chi connectivity index (χ4n) is 1.22. The maximum atomic E-state index is 10.9. The van der Waals surface area contributed by atoms with E-state index >= 15 is 0 Å². The van der Waals surface area contributed by atoms with Crippen molar-refractivity contribution >= 4 is 27.6 Å². The summed E-state index contributed by atoms with van der Waals surface area (Å²) in [6, 6.07) is 0. The second-order valence-corrected chi connectivity index (χ2v) is 3.56. The summed E-state index contributed by atoms with van der Waals surface area (Å²) in [5.74, 6) is -1.11. The van der Waals surface area contributed by atoms with Crippen LogP contribution >= 0.6 is 15.9 Å². The monoisotopic (exact) mass is 256 g/mol. The third-order valence-electron chi connectivity index (χ3n) is 1.85. The van der Waals surface area contributed by atoms with E-state index in [1.165, 1.54) is 6.08 Å². The Morgan fingerprint density at radius 3 is 2.71 bits per heavy atom. The summed E-state index contributed by atoms with van der Waals surface area (Å²) in [5, 5.41) is 16.5. The molecule has 0 amide bonds. The van der Waals surface area contributed by atoms with Crippen LogP contribution in [0.3, 0.4) is 0 Å². The smallest absolute Gasteiger partial charge is 0.338 e. The van der Waals surface area contributed by atoms with Crippen molar-refractivity contribution in [3.63, 3.8) is 0 Å².